The van der Waals surface area contributed by atoms with Crippen molar-refractivity contribution >= 4 is 15.9 Å². The minimum Gasteiger partial charge on any atom is -0.368 e. The van der Waals surface area contributed by atoms with Gasteiger partial charge in [0.2, 0.25) is 15.9 Å². The molecule has 0 spiro atoms. The van der Waals surface area contributed by atoms with Crippen LogP contribution in [-0.2, 0) is 21.0 Å². The molecule has 0 radical (unpaired) electrons. The predicted molar refractivity (Wildman–Crippen MR) is 106 cm³/mol. The van der Waals surface area contributed by atoms with Crippen LogP contribution in [0.3, 0.4) is 0 Å². The van der Waals surface area contributed by atoms with Gasteiger partial charge in [-0.1, -0.05) is 26.3 Å². The third-order valence-electron chi connectivity index (χ3n) is 6.54. The van der Waals surface area contributed by atoms with E-state index in [4.69, 9.17) is 5.73 Å². The van der Waals surface area contributed by atoms with E-state index in [0.29, 0.717) is 6.07 Å². The van der Waals surface area contributed by atoms with E-state index in [2.05, 4.69) is 5.32 Å². The standard InChI is InChI=1S/C20H28F3N3O3S/c1-3-12(2)18(19(24)27)25-17-8-7-13-10-26(11-16(13)17)30(28,29)15-6-4-5-14(9-15)20(21,22)23/h4-6,9,12-13,16-18,25H,3,7-8,10-11H2,1-2H3,(H2,24,27)/t12?,13?,16?,17?,18-/m0/s1. The molecule has 1 heterocycles. The fourth-order valence-electron chi connectivity index (χ4n) is 4.60. The average Bonchev–Trinajstić information content (AvgIpc) is 3.26. The highest BCUT2D eigenvalue weighted by Gasteiger charge is 2.47. The van der Waals surface area contributed by atoms with E-state index in [0.717, 1.165) is 31.4 Å². The summed E-state index contributed by atoms with van der Waals surface area (Å²) in [6.07, 6.45) is -2.23. The normalized spacial score (nSPS) is 27.0. The highest BCUT2D eigenvalue weighted by Crippen LogP contribution is 2.41. The van der Waals surface area contributed by atoms with E-state index < -0.39 is 33.7 Å². The fraction of sp³-hybridized carbons (Fsp3) is 0.650. The number of nitrogens with one attached hydrogen (secondary N) is 1. The van der Waals surface area contributed by atoms with Crippen LogP contribution in [0.5, 0.6) is 0 Å². The van der Waals surface area contributed by atoms with Gasteiger partial charge in [-0.25, -0.2) is 8.42 Å². The van der Waals surface area contributed by atoms with E-state index in [1.807, 2.05) is 13.8 Å². The summed E-state index contributed by atoms with van der Waals surface area (Å²) in [4.78, 5) is 11.5. The smallest absolute Gasteiger partial charge is 0.368 e. The molecule has 2 aliphatic rings. The van der Waals surface area contributed by atoms with E-state index in [9.17, 15) is 26.4 Å². The highest BCUT2D eigenvalue weighted by atomic mass is 32.2. The number of carbonyl (C=O) groups is 1. The second kappa shape index (κ2) is 8.47. The Morgan fingerprint density at radius 3 is 2.60 bits per heavy atom. The molecule has 1 saturated heterocycles. The van der Waals surface area contributed by atoms with E-state index in [1.54, 1.807) is 0 Å². The van der Waals surface area contributed by atoms with Gasteiger partial charge in [0, 0.05) is 19.1 Å². The molecule has 3 rings (SSSR count). The first-order valence-corrected chi connectivity index (χ1v) is 11.6. The Morgan fingerprint density at radius 2 is 2.00 bits per heavy atom. The number of nitrogens with two attached hydrogens (primary N) is 1. The lowest BCUT2D eigenvalue weighted by Crippen LogP contribution is -2.51. The second-order valence-corrected chi connectivity index (χ2v) is 10.3. The molecule has 1 amide bonds. The number of benzene rings is 1. The summed E-state index contributed by atoms with van der Waals surface area (Å²) < 4.78 is 66.3. The van der Waals surface area contributed by atoms with Crippen molar-refractivity contribution in [1.29, 1.82) is 0 Å². The zero-order valence-electron chi connectivity index (χ0n) is 17.0. The predicted octanol–water partition coefficient (Wildman–Crippen LogP) is 2.59. The molecule has 1 saturated carbocycles. The Morgan fingerprint density at radius 1 is 1.30 bits per heavy atom. The Balaban J connectivity index is 1.76. The third-order valence-corrected chi connectivity index (χ3v) is 8.36. The summed E-state index contributed by atoms with van der Waals surface area (Å²) in [7, 11) is -4.04. The number of halogens is 3. The number of nitrogens with zero attached hydrogens (tertiary/aromatic N) is 1. The summed E-state index contributed by atoms with van der Waals surface area (Å²) in [5, 5.41) is 3.33. The maximum atomic E-state index is 13.0. The van der Waals surface area contributed by atoms with Gasteiger partial charge >= 0.3 is 6.18 Å². The van der Waals surface area contributed by atoms with Crippen LogP contribution in [0.1, 0.15) is 38.7 Å². The van der Waals surface area contributed by atoms with Gasteiger partial charge in [-0.05, 0) is 48.8 Å². The maximum absolute atomic E-state index is 13.0. The first-order valence-electron chi connectivity index (χ1n) is 10.2. The molecule has 5 atom stereocenters. The fourth-order valence-corrected chi connectivity index (χ4v) is 6.18. The van der Waals surface area contributed by atoms with E-state index in [-0.39, 0.29) is 41.8 Å². The molecule has 6 nitrogen and oxygen atoms in total. The van der Waals surface area contributed by atoms with Crippen molar-refractivity contribution in [3.63, 3.8) is 0 Å². The minimum atomic E-state index is -4.61. The van der Waals surface area contributed by atoms with Crippen LogP contribution in [-0.4, -0.2) is 43.8 Å². The van der Waals surface area contributed by atoms with Gasteiger partial charge in [-0.15, -0.1) is 0 Å². The molecular weight excluding hydrogens is 419 g/mol. The maximum Gasteiger partial charge on any atom is 0.416 e. The Kier molecular flexibility index (Phi) is 6.50. The van der Waals surface area contributed by atoms with Crippen molar-refractivity contribution < 1.29 is 26.4 Å². The lowest BCUT2D eigenvalue weighted by atomic mass is 9.93. The van der Waals surface area contributed by atoms with Crippen LogP contribution in [0.4, 0.5) is 13.2 Å². The Labute approximate surface area is 175 Å². The zero-order valence-corrected chi connectivity index (χ0v) is 17.8. The Hall–Kier alpha value is -1.65. The van der Waals surface area contributed by atoms with Gasteiger partial charge in [0.25, 0.3) is 0 Å². The molecule has 10 heteroatoms. The molecule has 1 aliphatic carbocycles. The molecule has 1 aliphatic heterocycles. The number of rotatable bonds is 7. The van der Waals surface area contributed by atoms with Crippen molar-refractivity contribution in [2.24, 2.45) is 23.5 Å². The number of sulfonamides is 1. The first-order chi connectivity index (χ1) is 13.9. The summed E-state index contributed by atoms with van der Waals surface area (Å²) >= 11 is 0. The van der Waals surface area contributed by atoms with Gasteiger partial charge in [0.05, 0.1) is 16.5 Å². The van der Waals surface area contributed by atoms with E-state index >= 15 is 0 Å². The molecule has 4 unspecified atom stereocenters. The SMILES string of the molecule is CCC(C)[C@H](NC1CCC2CN(S(=O)(=O)c3cccc(C(F)(F)F)c3)CC21)C(N)=O. The number of alkyl halides is 3. The minimum absolute atomic E-state index is 0.00326. The quantitative estimate of drug-likeness (QED) is 0.672. The average molecular weight is 448 g/mol. The first kappa shape index (κ1) is 23.0. The van der Waals surface area contributed by atoms with Crippen LogP contribution in [0, 0.1) is 17.8 Å². The lowest BCUT2D eigenvalue weighted by molar-refractivity contribution is -0.137. The molecule has 168 valence electrons. The molecule has 30 heavy (non-hydrogen) atoms. The molecule has 3 N–H and O–H groups in total. The molecule has 1 aromatic carbocycles. The summed E-state index contributed by atoms with van der Waals surface area (Å²) in [6, 6.07) is 3.30. The van der Waals surface area contributed by atoms with Crippen LogP contribution in [0.25, 0.3) is 0 Å². The van der Waals surface area contributed by atoms with Crippen molar-refractivity contribution in [1.82, 2.24) is 9.62 Å². The number of amides is 1. The number of primary amides is 1. The van der Waals surface area contributed by atoms with Crippen molar-refractivity contribution in [2.45, 2.75) is 56.3 Å². The number of hydrogen-bond donors (Lipinski definition) is 2. The summed E-state index contributed by atoms with van der Waals surface area (Å²) in [5.41, 5.74) is 4.56. The number of hydrogen-bond acceptors (Lipinski definition) is 4. The molecule has 0 aromatic heterocycles. The lowest BCUT2D eigenvalue weighted by Gasteiger charge is -2.28. The van der Waals surface area contributed by atoms with Crippen LogP contribution < -0.4 is 11.1 Å². The van der Waals surface area contributed by atoms with E-state index in [1.165, 1.54) is 10.4 Å². The monoisotopic (exact) mass is 447 g/mol. The number of carbonyl (C=O) groups excluding carboxylic acids is 1. The van der Waals surface area contributed by atoms with Gasteiger partial charge in [-0.2, -0.15) is 17.5 Å². The molecular formula is C20H28F3N3O3S. The van der Waals surface area contributed by atoms with Gasteiger partial charge < -0.3 is 11.1 Å². The number of fused-ring (bicyclic) bond motifs is 1. The van der Waals surface area contributed by atoms with Crippen molar-refractivity contribution in [2.75, 3.05) is 13.1 Å². The second-order valence-electron chi connectivity index (χ2n) is 8.39. The molecule has 0 bridgehead atoms. The van der Waals surface area contributed by atoms with Crippen LogP contribution in [0.2, 0.25) is 0 Å². The highest BCUT2D eigenvalue weighted by molar-refractivity contribution is 7.89. The van der Waals surface area contributed by atoms with Crippen molar-refractivity contribution in [3.8, 4) is 0 Å². The van der Waals surface area contributed by atoms with Crippen LogP contribution >= 0.6 is 0 Å². The van der Waals surface area contributed by atoms with Gasteiger partial charge in [0.15, 0.2) is 0 Å². The van der Waals surface area contributed by atoms with Crippen LogP contribution in [0.15, 0.2) is 29.2 Å². The topological polar surface area (TPSA) is 92.5 Å². The van der Waals surface area contributed by atoms with Gasteiger partial charge in [-0.3, -0.25) is 4.79 Å². The Bertz CT molecular complexity index is 891. The molecule has 1 aromatic rings. The zero-order chi connectivity index (χ0) is 22.3. The summed E-state index contributed by atoms with van der Waals surface area (Å²) in [5.74, 6) is -0.280. The molecule has 2 fully saturated rings. The summed E-state index contributed by atoms with van der Waals surface area (Å²) in [6.45, 7) is 4.39. The van der Waals surface area contributed by atoms with Gasteiger partial charge in [0.1, 0.15) is 0 Å². The van der Waals surface area contributed by atoms with Crippen molar-refractivity contribution in [3.05, 3.63) is 29.8 Å². The largest absolute Gasteiger partial charge is 0.416 e. The third kappa shape index (κ3) is 4.50.